The number of nitrogens with one attached hydrogen (secondary N) is 1. The van der Waals surface area contributed by atoms with Gasteiger partial charge in [0.2, 0.25) is 0 Å². The van der Waals surface area contributed by atoms with Crippen molar-refractivity contribution in [2.45, 2.75) is 60.9 Å². The Hall–Kier alpha value is -2.24. The van der Waals surface area contributed by atoms with Crippen molar-refractivity contribution in [2.75, 3.05) is 5.73 Å². The smallest absolute Gasteiger partial charge is 0.337 e. The normalized spacial score (nSPS) is 17.8. The van der Waals surface area contributed by atoms with E-state index in [0.29, 0.717) is 5.82 Å². The number of carbonyl (C=O) groups is 1. The second-order valence-electron chi connectivity index (χ2n) is 8.19. The van der Waals surface area contributed by atoms with Crippen molar-refractivity contribution in [2.24, 2.45) is 10.8 Å². The van der Waals surface area contributed by atoms with Crippen LogP contribution >= 0.6 is 0 Å². The minimum absolute atomic E-state index is 0.0404. The molecular formula is C19H30N4O2. The van der Waals surface area contributed by atoms with Gasteiger partial charge in [0.05, 0.1) is 17.0 Å². The maximum Gasteiger partial charge on any atom is 0.337 e. The Morgan fingerprint density at radius 1 is 1.28 bits per heavy atom. The van der Waals surface area contributed by atoms with E-state index in [4.69, 9.17) is 5.73 Å². The lowest BCUT2D eigenvalue weighted by atomic mass is 9.72. The molecule has 2 aromatic heterocycles. The third kappa shape index (κ3) is 3.89. The Labute approximate surface area is 149 Å². The lowest BCUT2D eigenvalue weighted by Crippen LogP contribution is -2.28. The lowest BCUT2D eigenvalue weighted by Gasteiger charge is -2.34. The van der Waals surface area contributed by atoms with Crippen molar-refractivity contribution in [3.8, 4) is 11.4 Å². The van der Waals surface area contributed by atoms with E-state index in [1.54, 1.807) is 12.3 Å². The summed E-state index contributed by atoms with van der Waals surface area (Å²) in [6, 6.07) is 1.70. The highest BCUT2D eigenvalue weighted by atomic mass is 16.4. The monoisotopic (exact) mass is 346 g/mol. The molecule has 138 valence electrons. The predicted octanol–water partition coefficient (Wildman–Crippen LogP) is 4.18. The molecular weight excluding hydrogens is 316 g/mol. The molecule has 0 fully saturated rings. The average molecular weight is 346 g/mol. The molecule has 0 aromatic carbocycles. The summed E-state index contributed by atoms with van der Waals surface area (Å²) >= 11 is 0. The fourth-order valence-corrected chi connectivity index (χ4v) is 4.09. The molecule has 1 aliphatic rings. The van der Waals surface area contributed by atoms with Gasteiger partial charge in [0.1, 0.15) is 5.82 Å². The molecule has 2 aromatic rings. The molecule has 0 radical (unpaired) electrons. The van der Waals surface area contributed by atoms with Crippen LogP contribution in [-0.2, 0) is 13.0 Å². The van der Waals surface area contributed by atoms with Gasteiger partial charge in [0.15, 0.2) is 0 Å². The molecule has 0 spiro atoms. The Kier molecular flexibility index (Phi) is 5.02. The van der Waals surface area contributed by atoms with Crippen LogP contribution in [0, 0.1) is 10.8 Å². The Balaban J connectivity index is 0.00000109. The lowest BCUT2D eigenvalue weighted by molar-refractivity contribution is 0.0696. The molecule has 6 nitrogen and oxygen atoms in total. The summed E-state index contributed by atoms with van der Waals surface area (Å²) in [6.45, 7) is 13.7. The fraction of sp³-hybridized carbons (Fsp3) is 0.579. The summed E-state index contributed by atoms with van der Waals surface area (Å²) in [5.41, 5.74) is 9.13. The zero-order valence-corrected chi connectivity index (χ0v) is 16.1. The van der Waals surface area contributed by atoms with Crippen LogP contribution in [0.1, 0.15) is 63.9 Å². The third-order valence-electron chi connectivity index (χ3n) is 4.51. The minimum atomic E-state index is -0.922. The van der Waals surface area contributed by atoms with Gasteiger partial charge in [0.25, 0.3) is 0 Å². The van der Waals surface area contributed by atoms with Gasteiger partial charge < -0.3 is 15.4 Å². The van der Waals surface area contributed by atoms with E-state index in [-0.39, 0.29) is 16.4 Å². The van der Waals surface area contributed by atoms with Crippen molar-refractivity contribution in [1.82, 2.24) is 14.8 Å². The highest BCUT2D eigenvalue weighted by Gasteiger charge is 2.34. The first-order chi connectivity index (χ1) is 11.6. The number of H-pyrrole nitrogens is 1. The molecule has 0 amide bonds. The largest absolute Gasteiger partial charge is 0.478 e. The summed E-state index contributed by atoms with van der Waals surface area (Å²) in [7, 11) is 0. The number of nitrogen functional groups attached to an aromatic ring is 1. The van der Waals surface area contributed by atoms with Crippen molar-refractivity contribution in [3.63, 3.8) is 0 Å². The molecule has 0 atom stereocenters. The van der Waals surface area contributed by atoms with Crippen LogP contribution < -0.4 is 5.73 Å². The van der Waals surface area contributed by atoms with Gasteiger partial charge in [-0.1, -0.05) is 41.5 Å². The van der Waals surface area contributed by atoms with E-state index in [1.165, 1.54) is 0 Å². The summed E-state index contributed by atoms with van der Waals surface area (Å²) in [5.74, 6) is -0.424. The van der Waals surface area contributed by atoms with Gasteiger partial charge in [-0.15, -0.1) is 0 Å². The number of aromatic nitrogens is 3. The van der Waals surface area contributed by atoms with Gasteiger partial charge in [-0.05, 0) is 29.7 Å². The van der Waals surface area contributed by atoms with Crippen LogP contribution in [0.3, 0.4) is 0 Å². The summed E-state index contributed by atoms with van der Waals surface area (Å²) in [4.78, 5) is 11.4. The van der Waals surface area contributed by atoms with Crippen molar-refractivity contribution < 1.29 is 9.90 Å². The molecule has 0 aliphatic carbocycles. The van der Waals surface area contributed by atoms with Crippen molar-refractivity contribution >= 4 is 11.8 Å². The van der Waals surface area contributed by atoms with E-state index in [1.807, 2.05) is 18.4 Å². The second kappa shape index (κ2) is 6.58. The number of hydrogen-bond acceptors (Lipinski definition) is 3. The van der Waals surface area contributed by atoms with Gasteiger partial charge in [-0.2, -0.15) is 5.10 Å². The first kappa shape index (κ1) is 19.1. The number of nitrogens with zero attached hydrogens (tertiary/aromatic N) is 2. The number of rotatable bonds is 1. The number of anilines is 1. The highest BCUT2D eigenvalue weighted by molar-refractivity contribution is 5.89. The third-order valence-corrected chi connectivity index (χ3v) is 4.51. The molecule has 4 N–H and O–H groups in total. The second-order valence-corrected chi connectivity index (χ2v) is 8.19. The number of nitrogens with two attached hydrogens (primary N) is 1. The molecule has 0 saturated heterocycles. The number of aromatic amines is 1. The first-order valence-corrected chi connectivity index (χ1v) is 8.85. The van der Waals surface area contributed by atoms with E-state index >= 15 is 0 Å². The SMILES string of the molecule is CC.CC1(C)Cc2c(N)n[nH]c2-c2cc(C(=O)O)cn2CC(C)(C)C1. The molecule has 3 heterocycles. The van der Waals surface area contributed by atoms with Gasteiger partial charge in [-0.3, -0.25) is 5.10 Å². The quantitative estimate of drug-likeness (QED) is 0.721. The number of fused-ring (bicyclic) bond motifs is 3. The van der Waals surface area contributed by atoms with Crippen LogP contribution in [0.4, 0.5) is 5.82 Å². The Morgan fingerprint density at radius 2 is 1.92 bits per heavy atom. The Bertz CT molecular complexity index is 768. The summed E-state index contributed by atoms with van der Waals surface area (Å²) in [6.07, 6.45) is 3.52. The minimum Gasteiger partial charge on any atom is -0.478 e. The number of carboxylic acids is 1. The first-order valence-electron chi connectivity index (χ1n) is 8.85. The molecule has 1 aliphatic heterocycles. The maximum atomic E-state index is 11.4. The van der Waals surface area contributed by atoms with Crippen LogP contribution in [0.15, 0.2) is 12.3 Å². The van der Waals surface area contributed by atoms with Crippen LogP contribution in [-0.4, -0.2) is 25.8 Å². The molecule has 6 heteroatoms. The van der Waals surface area contributed by atoms with E-state index in [2.05, 4.69) is 37.9 Å². The molecule has 3 rings (SSSR count). The van der Waals surface area contributed by atoms with Gasteiger partial charge in [0, 0.05) is 18.3 Å². The summed E-state index contributed by atoms with van der Waals surface area (Å²) < 4.78 is 2.02. The zero-order valence-electron chi connectivity index (χ0n) is 16.1. The molecule has 25 heavy (non-hydrogen) atoms. The topological polar surface area (TPSA) is 96.9 Å². The van der Waals surface area contributed by atoms with E-state index in [9.17, 15) is 9.90 Å². The molecule has 0 bridgehead atoms. The predicted molar refractivity (Wildman–Crippen MR) is 101 cm³/mol. The maximum absolute atomic E-state index is 11.4. The molecule has 0 unspecified atom stereocenters. The average Bonchev–Trinajstić information content (AvgIpc) is 3.03. The van der Waals surface area contributed by atoms with E-state index < -0.39 is 5.97 Å². The highest BCUT2D eigenvalue weighted by Crippen LogP contribution is 2.42. The van der Waals surface area contributed by atoms with Crippen molar-refractivity contribution in [1.29, 1.82) is 0 Å². The van der Waals surface area contributed by atoms with E-state index in [0.717, 1.165) is 36.3 Å². The van der Waals surface area contributed by atoms with Crippen LogP contribution in [0.5, 0.6) is 0 Å². The standard InChI is InChI=1S/C17H24N4O2.C2H6/c1-16(2)6-11-13(19-20-14(11)18)12-5-10(15(22)23)7-21(12)9-17(3,4)8-16;1-2/h5,7H,6,8-9H2,1-4H3,(H,22,23)(H3,18,19,20);1-2H3. The summed E-state index contributed by atoms with van der Waals surface area (Å²) in [5, 5.41) is 16.5. The van der Waals surface area contributed by atoms with Gasteiger partial charge in [-0.25, -0.2) is 4.79 Å². The number of carboxylic acid groups (broad SMARTS) is 1. The molecule has 0 saturated carbocycles. The van der Waals surface area contributed by atoms with Crippen molar-refractivity contribution in [3.05, 3.63) is 23.4 Å². The van der Waals surface area contributed by atoms with Gasteiger partial charge >= 0.3 is 5.97 Å². The van der Waals surface area contributed by atoms with Crippen LogP contribution in [0.2, 0.25) is 0 Å². The number of aromatic carboxylic acids is 1. The van der Waals surface area contributed by atoms with Crippen LogP contribution in [0.25, 0.3) is 11.4 Å². The number of hydrogen-bond donors (Lipinski definition) is 3. The Morgan fingerprint density at radius 3 is 2.52 bits per heavy atom. The fourth-order valence-electron chi connectivity index (χ4n) is 4.09. The zero-order chi connectivity index (χ0) is 19.0.